The summed E-state index contributed by atoms with van der Waals surface area (Å²) in [6.45, 7) is -0.544. The van der Waals surface area contributed by atoms with Crippen molar-refractivity contribution in [2.24, 2.45) is 0 Å². The van der Waals surface area contributed by atoms with Crippen LogP contribution < -0.4 is 14.8 Å². The third-order valence-corrected chi connectivity index (χ3v) is 4.34. The van der Waals surface area contributed by atoms with Crippen LogP contribution in [0.15, 0.2) is 30.3 Å². The van der Waals surface area contributed by atoms with Crippen LogP contribution in [0.2, 0.25) is 15.1 Å². The third-order valence-electron chi connectivity index (χ3n) is 3.22. The van der Waals surface area contributed by atoms with Gasteiger partial charge in [0.2, 0.25) is 0 Å². The van der Waals surface area contributed by atoms with Crippen molar-refractivity contribution in [3.63, 3.8) is 0 Å². The van der Waals surface area contributed by atoms with Crippen molar-refractivity contribution in [1.82, 2.24) is 0 Å². The minimum atomic E-state index is -0.860. The zero-order valence-corrected chi connectivity index (χ0v) is 16.0. The third kappa shape index (κ3) is 4.94. The highest BCUT2D eigenvalue weighted by atomic mass is 35.5. The summed E-state index contributed by atoms with van der Waals surface area (Å²) in [6, 6.07) is 7.69. The van der Waals surface area contributed by atoms with Crippen LogP contribution in [0.25, 0.3) is 0 Å². The molecule has 0 atom stereocenters. The van der Waals surface area contributed by atoms with Crippen LogP contribution in [0.3, 0.4) is 0 Å². The lowest BCUT2D eigenvalue weighted by atomic mass is 10.2. The predicted molar refractivity (Wildman–Crippen MR) is 99.9 cm³/mol. The average molecular weight is 419 g/mol. The summed E-state index contributed by atoms with van der Waals surface area (Å²) in [5.74, 6) is -0.438. The van der Waals surface area contributed by atoms with Crippen LogP contribution in [0.1, 0.15) is 10.4 Å². The molecule has 0 radical (unpaired) electrons. The highest BCUT2D eigenvalue weighted by molar-refractivity contribution is 6.46. The highest BCUT2D eigenvalue weighted by Gasteiger charge is 2.20. The monoisotopic (exact) mass is 417 g/mol. The molecule has 26 heavy (non-hydrogen) atoms. The van der Waals surface area contributed by atoms with Crippen LogP contribution in [-0.4, -0.2) is 32.7 Å². The molecule has 0 unspecified atom stereocenters. The lowest BCUT2D eigenvalue weighted by molar-refractivity contribution is -0.119. The molecule has 138 valence electrons. The molecule has 1 amide bonds. The Hall–Kier alpha value is -2.15. The maximum Gasteiger partial charge on any atom is 0.341 e. The van der Waals surface area contributed by atoms with E-state index < -0.39 is 18.5 Å². The second kappa shape index (κ2) is 8.98. The SMILES string of the molecule is COc1cc(NC(=O)COC(=O)c2c(Cl)ccc(Cl)c2Cl)cc(OC)c1. The molecule has 0 spiro atoms. The summed E-state index contributed by atoms with van der Waals surface area (Å²) in [5.41, 5.74) is 0.317. The zero-order valence-electron chi connectivity index (χ0n) is 13.8. The van der Waals surface area contributed by atoms with Gasteiger partial charge in [-0.3, -0.25) is 4.79 Å². The molecule has 0 aliphatic carbocycles. The number of halogens is 3. The summed E-state index contributed by atoms with van der Waals surface area (Å²) >= 11 is 17.8. The van der Waals surface area contributed by atoms with Crippen molar-refractivity contribution in [1.29, 1.82) is 0 Å². The Bertz CT molecular complexity index is 819. The molecule has 0 aromatic heterocycles. The zero-order chi connectivity index (χ0) is 19.3. The van der Waals surface area contributed by atoms with Gasteiger partial charge in [0.15, 0.2) is 6.61 Å². The summed E-state index contributed by atoms with van der Waals surface area (Å²) in [5, 5.41) is 2.75. The molecular formula is C17H14Cl3NO5. The Morgan fingerprint density at radius 2 is 1.54 bits per heavy atom. The van der Waals surface area contributed by atoms with E-state index in [-0.39, 0.29) is 20.6 Å². The molecule has 0 aliphatic rings. The molecule has 0 aliphatic heterocycles. The number of benzene rings is 2. The topological polar surface area (TPSA) is 73.9 Å². The van der Waals surface area contributed by atoms with E-state index in [0.717, 1.165) is 0 Å². The van der Waals surface area contributed by atoms with Crippen LogP contribution in [0, 0.1) is 0 Å². The average Bonchev–Trinajstić information content (AvgIpc) is 2.63. The molecule has 0 saturated carbocycles. The Labute approximate surface area is 164 Å². The van der Waals surface area contributed by atoms with Crippen molar-refractivity contribution in [2.75, 3.05) is 26.1 Å². The number of anilines is 1. The fraction of sp³-hybridized carbons (Fsp3) is 0.176. The number of carbonyl (C=O) groups is 2. The number of rotatable bonds is 6. The van der Waals surface area contributed by atoms with E-state index in [0.29, 0.717) is 17.2 Å². The van der Waals surface area contributed by atoms with Gasteiger partial charge in [0.1, 0.15) is 11.5 Å². The number of esters is 1. The van der Waals surface area contributed by atoms with Gasteiger partial charge in [-0.25, -0.2) is 4.79 Å². The van der Waals surface area contributed by atoms with E-state index in [9.17, 15) is 9.59 Å². The first-order valence-electron chi connectivity index (χ1n) is 7.19. The Balaban J connectivity index is 2.03. The van der Waals surface area contributed by atoms with Crippen LogP contribution >= 0.6 is 34.8 Å². The van der Waals surface area contributed by atoms with E-state index in [1.807, 2.05) is 0 Å². The predicted octanol–water partition coefficient (Wildman–Crippen LogP) is 4.46. The minimum Gasteiger partial charge on any atom is -0.497 e. The molecule has 2 rings (SSSR count). The molecule has 0 fully saturated rings. The minimum absolute atomic E-state index is 0.0397. The lowest BCUT2D eigenvalue weighted by Crippen LogP contribution is -2.21. The van der Waals surface area contributed by atoms with Crippen molar-refractivity contribution in [3.8, 4) is 11.5 Å². The molecule has 2 aromatic carbocycles. The van der Waals surface area contributed by atoms with Gasteiger partial charge in [0, 0.05) is 23.9 Å². The summed E-state index contributed by atoms with van der Waals surface area (Å²) in [6.07, 6.45) is 0. The van der Waals surface area contributed by atoms with Gasteiger partial charge in [0.25, 0.3) is 5.91 Å². The van der Waals surface area contributed by atoms with E-state index >= 15 is 0 Å². The summed E-state index contributed by atoms with van der Waals surface area (Å²) in [4.78, 5) is 24.1. The maximum atomic E-state index is 12.1. The Morgan fingerprint density at radius 1 is 0.962 bits per heavy atom. The molecule has 1 N–H and O–H groups in total. The number of carbonyl (C=O) groups excluding carboxylic acids is 2. The van der Waals surface area contributed by atoms with Crippen molar-refractivity contribution < 1.29 is 23.8 Å². The van der Waals surface area contributed by atoms with Crippen LogP contribution in [0.5, 0.6) is 11.5 Å². The first-order chi connectivity index (χ1) is 12.3. The smallest absolute Gasteiger partial charge is 0.341 e. The number of methoxy groups -OCH3 is 2. The second-order valence-electron chi connectivity index (χ2n) is 4.94. The number of amides is 1. The van der Waals surface area contributed by atoms with Crippen molar-refractivity contribution >= 4 is 52.4 Å². The fourth-order valence-corrected chi connectivity index (χ4v) is 2.68. The van der Waals surface area contributed by atoms with Gasteiger partial charge in [-0.15, -0.1) is 0 Å². The molecule has 0 bridgehead atoms. The number of ether oxygens (including phenoxy) is 3. The molecule has 6 nitrogen and oxygen atoms in total. The first-order valence-corrected chi connectivity index (χ1v) is 8.32. The van der Waals surface area contributed by atoms with Gasteiger partial charge in [-0.1, -0.05) is 34.8 Å². The fourth-order valence-electron chi connectivity index (χ4n) is 1.99. The molecule has 0 saturated heterocycles. The molecule has 9 heteroatoms. The normalized spacial score (nSPS) is 10.2. The summed E-state index contributed by atoms with van der Waals surface area (Å²) in [7, 11) is 2.97. The van der Waals surface area contributed by atoms with Crippen molar-refractivity contribution in [3.05, 3.63) is 51.0 Å². The van der Waals surface area contributed by atoms with Crippen LogP contribution in [0.4, 0.5) is 5.69 Å². The van der Waals surface area contributed by atoms with Gasteiger partial charge >= 0.3 is 5.97 Å². The van der Waals surface area contributed by atoms with E-state index in [2.05, 4.69) is 5.32 Å². The summed E-state index contributed by atoms with van der Waals surface area (Å²) < 4.78 is 15.2. The van der Waals surface area contributed by atoms with Gasteiger partial charge in [-0.2, -0.15) is 0 Å². The maximum absolute atomic E-state index is 12.1. The van der Waals surface area contributed by atoms with Crippen LogP contribution in [-0.2, 0) is 9.53 Å². The first kappa shape index (κ1) is 20.2. The molecule has 2 aromatic rings. The number of nitrogens with one attached hydrogen (secondary N) is 1. The van der Waals surface area contributed by atoms with E-state index in [1.54, 1.807) is 18.2 Å². The number of hydrogen-bond donors (Lipinski definition) is 1. The van der Waals surface area contributed by atoms with Gasteiger partial charge in [0.05, 0.1) is 34.9 Å². The largest absolute Gasteiger partial charge is 0.497 e. The van der Waals surface area contributed by atoms with Gasteiger partial charge < -0.3 is 19.5 Å². The van der Waals surface area contributed by atoms with Gasteiger partial charge in [-0.05, 0) is 12.1 Å². The number of hydrogen-bond acceptors (Lipinski definition) is 5. The highest BCUT2D eigenvalue weighted by Crippen LogP contribution is 2.32. The second-order valence-corrected chi connectivity index (χ2v) is 6.14. The Morgan fingerprint density at radius 3 is 2.12 bits per heavy atom. The van der Waals surface area contributed by atoms with E-state index in [4.69, 9.17) is 49.0 Å². The quantitative estimate of drug-likeness (QED) is 0.554. The molecule has 0 heterocycles. The Kier molecular flexibility index (Phi) is 6.97. The molecular weight excluding hydrogens is 405 g/mol. The lowest BCUT2D eigenvalue weighted by Gasteiger charge is -2.11. The van der Waals surface area contributed by atoms with Crippen molar-refractivity contribution in [2.45, 2.75) is 0 Å². The standard InChI is InChI=1S/C17H14Cl3NO5/c1-24-10-5-9(6-11(7-10)25-2)21-14(22)8-26-17(23)15-12(18)3-4-13(19)16(15)20/h3-7H,8H2,1-2H3,(H,21,22). The van der Waals surface area contributed by atoms with E-state index in [1.165, 1.54) is 26.4 Å².